The van der Waals surface area contributed by atoms with Crippen LogP contribution in [0, 0.1) is 23.0 Å². The number of aromatic nitrogens is 1. The number of Topliss-reactive ketones (excluding diaryl/α,β-unsaturated/α-hetero) is 1. The zero-order valence-corrected chi connectivity index (χ0v) is 41.2. The van der Waals surface area contributed by atoms with Gasteiger partial charge < -0.3 is 51.9 Å². The molecule has 17 nitrogen and oxygen atoms in total. The molecule has 6 atom stereocenters. The van der Waals surface area contributed by atoms with E-state index in [1.165, 1.54) is 11.8 Å². The molecule has 9 N–H and O–H groups in total. The van der Waals surface area contributed by atoms with Crippen molar-refractivity contribution >= 4 is 41.4 Å². The van der Waals surface area contributed by atoms with Crippen molar-refractivity contribution in [3.63, 3.8) is 0 Å². The second-order valence-electron chi connectivity index (χ2n) is 18.8. The zero-order valence-electron chi connectivity index (χ0n) is 41.2. The SMILES string of the molecule is C[C@H](N)C(=O)C(CC(=O)OCc1ccccc1)[C@@H](NC(=O)[C@H](CCN(C(=O)CO)[C@@H](c1cc(-c2cc(F)ccc2F)cn1Cc1ccccc1)C(C)(C)C)NC(=O)[C@@H](N)CC(N)=O)C(=O)OCc1ccccc1. The number of benzene rings is 4. The number of carbonyl (C=O) groups excluding carboxylic acids is 7. The third kappa shape index (κ3) is 16.2. The molecule has 5 rings (SSSR count). The Labute approximate surface area is 422 Å². The summed E-state index contributed by atoms with van der Waals surface area (Å²) in [6.45, 7) is 4.99. The molecule has 0 aliphatic rings. The molecule has 1 heterocycles. The minimum atomic E-state index is -1.93. The summed E-state index contributed by atoms with van der Waals surface area (Å²) in [5, 5.41) is 15.5. The Morgan fingerprint density at radius 2 is 1.33 bits per heavy atom. The highest BCUT2D eigenvalue weighted by Crippen LogP contribution is 2.41. The van der Waals surface area contributed by atoms with Crippen molar-refractivity contribution in [3.05, 3.63) is 155 Å². The number of ether oxygens (including phenoxy) is 2. The number of amides is 4. The minimum absolute atomic E-state index is 0.0605. The predicted octanol–water partition coefficient (Wildman–Crippen LogP) is 4.36. The van der Waals surface area contributed by atoms with E-state index >= 15 is 4.39 Å². The first-order valence-corrected chi connectivity index (χ1v) is 23.6. The van der Waals surface area contributed by atoms with Gasteiger partial charge in [-0.05, 0) is 59.7 Å². The smallest absolute Gasteiger partial charge is 0.329 e. The van der Waals surface area contributed by atoms with E-state index < -0.39 is 127 Å². The molecule has 1 aromatic heterocycles. The molecule has 1 unspecified atom stereocenters. The quantitative estimate of drug-likeness (QED) is 0.0446. The van der Waals surface area contributed by atoms with E-state index in [0.29, 0.717) is 16.8 Å². The van der Waals surface area contributed by atoms with Gasteiger partial charge >= 0.3 is 11.9 Å². The molecule has 4 amide bonds. The van der Waals surface area contributed by atoms with Crippen LogP contribution in [0.1, 0.15) is 75.4 Å². The van der Waals surface area contributed by atoms with E-state index in [9.17, 15) is 43.1 Å². The Hall–Kier alpha value is -7.61. The summed E-state index contributed by atoms with van der Waals surface area (Å²) < 4.78 is 42.9. The van der Waals surface area contributed by atoms with Gasteiger partial charge in [-0.1, -0.05) is 112 Å². The van der Waals surface area contributed by atoms with Gasteiger partial charge in [0.2, 0.25) is 23.6 Å². The molecular formula is C54H63F2N7O10. The van der Waals surface area contributed by atoms with Gasteiger partial charge in [-0.25, -0.2) is 13.6 Å². The van der Waals surface area contributed by atoms with Crippen molar-refractivity contribution in [2.45, 2.75) is 96.9 Å². The summed E-state index contributed by atoms with van der Waals surface area (Å²) in [6, 6.07) is 23.4. The van der Waals surface area contributed by atoms with Crippen LogP contribution in [-0.4, -0.2) is 93.2 Å². The number of esters is 2. The molecule has 0 spiro atoms. The lowest BCUT2D eigenvalue weighted by Crippen LogP contribution is -2.59. The maximum atomic E-state index is 15.4. The first kappa shape index (κ1) is 56.3. The number of hydrogen-bond acceptors (Lipinski definition) is 12. The van der Waals surface area contributed by atoms with Crippen LogP contribution in [0.2, 0.25) is 0 Å². The predicted molar refractivity (Wildman–Crippen MR) is 266 cm³/mol. The van der Waals surface area contributed by atoms with Crippen molar-refractivity contribution in [2.24, 2.45) is 28.5 Å². The van der Waals surface area contributed by atoms with Crippen molar-refractivity contribution in [1.29, 1.82) is 0 Å². The average Bonchev–Trinajstić information content (AvgIpc) is 3.76. The molecule has 0 bridgehead atoms. The lowest BCUT2D eigenvalue weighted by molar-refractivity contribution is -0.156. The number of nitrogens with zero attached hydrogens (tertiary/aromatic N) is 2. The fraction of sp³-hybridized carbons (Fsp3) is 0.352. The van der Waals surface area contributed by atoms with Crippen molar-refractivity contribution in [1.82, 2.24) is 20.1 Å². The Morgan fingerprint density at radius 1 is 0.753 bits per heavy atom. The summed E-state index contributed by atoms with van der Waals surface area (Å²) in [5.74, 6) is -9.93. The number of rotatable bonds is 25. The molecule has 388 valence electrons. The van der Waals surface area contributed by atoms with E-state index in [4.69, 9.17) is 26.7 Å². The number of nitrogens with two attached hydrogens (primary N) is 3. The highest BCUT2D eigenvalue weighted by molar-refractivity contribution is 5.98. The number of nitrogens with one attached hydrogen (secondary N) is 2. The van der Waals surface area contributed by atoms with Gasteiger partial charge in [0.1, 0.15) is 43.5 Å². The first-order chi connectivity index (χ1) is 34.7. The van der Waals surface area contributed by atoms with Crippen LogP contribution in [0.3, 0.4) is 0 Å². The summed E-state index contributed by atoms with van der Waals surface area (Å²) in [6.07, 6.45) is -0.250. The maximum absolute atomic E-state index is 15.4. The third-order valence-electron chi connectivity index (χ3n) is 11.9. The topological polar surface area (TPSA) is 268 Å². The van der Waals surface area contributed by atoms with Crippen LogP contribution >= 0.6 is 0 Å². The van der Waals surface area contributed by atoms with E-state index in [2.05, 4.69) is 10.6 Å². The standard InChI is InChI=1S/C54H63F2N7O10/c1-33(57)49(68)40(26-47(67)72-31-35-16-10-6-11-17-35)48(53(71)73-32-36-18-12-7-13-19-36)61-52(70)43(60-51(69)42(58)27-45(59)65)22-23-63(46(66)30-64)50(54(2,3)4)44-24-37(39-25-38(55)20-21-41(39)56)29-62(44)28-34-14-8-5-9-15-34/h5-21,24-25,29,33,40,42-43,48,50,64H,22-23,26-28,30-32,57-58H2,1-4H3,(H2,59,65)(H,60,69)(H,61,70)/t33-,40?,42-,43-,48+,50-/m0/s1. The monoisotopic (exact) mass is 1010 g/mol. The van der Waals surface area contributed by atoms with Gasteiger partial charge in [-0.3, -0.25) is 28.8 Å². The number of halogens is 2. The minimum Gasteiger partial charge on any atom is -0.461 e. The second-order valence-corrected chi connectivity index (χ2v) is 18.8. The van der Waals surface area contributed by atoms with Crippen LogP contribution in [0.25, 0.3) is 11.1 Å². The zero-order chi connectivity index (χ0) is 53.4. The number of carbonyl (C=O) groups is 7. The number of hydrogen-bond donors (Lipinski definition) is 6. The summed E-state index contributed by atoms with van der Waals surface area (Å²) in [4.78, 5) is 97.4. The molecule has 73 heavy (non-hydrogen) atoms. The van der Waals surface area contributed by atoms with Crippen LogP contribution in [-0.2, 0) is 62.8 Å². The molecule has 5 aromatic rings. The number of ketones is 1. The van der Waals surface area contributed by atoms with E-state index in [1.54, 1.807) is 98.3 Å². The van der Waals surface area contributed by atoms with Crippen LogP contribution in [0.5, 0.6) is 0 Å². The molecule has 0 fully saturated rings. The molecule has 4 aromatic carbocycles. The summed E-state index contributed by atoms with van der Waals surface area (Å²) in [7, 11) is 0. The van der Waals surface area contributed by atoms with Crippen molar-refractivity contribution in [3.8, 4) is 11.1 Å². The Kier molecular flexibility index (Phi) is 20.2. The third-order valence-corrected chi connectivity index (χ3v) is 11.9. The van der Waals surface area contributed by atoms with Gasteiger partial charge in [0.15, 0.2) is 5.78 Å². The number of aliphatic hydroxyl groups is 1. The highest BCUT2D eigenvalue weighted by atomic mass is 19.1. The lowest BCUT2D eigenvalue weighted by atomic mass is 9.82. The fourth-order valence-electron chi connectivity index (χ4n) is 8.32. The number of primary amides is 1. The molecule has 0 aliphatic carbocycles. The Balaban J connectivity index is 1.57. The van der Waals surface area contributed by atoms with Gasteiger partial charge in [0.25, 0.3) is 0 Å². The number of aliphatic hydroxyl groups excluding tert-OH is 1. The van der Waals surface area contributed by atoms with E-state index in [-0.39, 0.29) is 30.9 Å². The van der Waals surface area contributed by atoms with Gasteiger partial charge in [0, 0.05) is 36.1 Å². The maximum Gasteiger partial charge on any atom is 0.329 e. The molecule has 0 radical (unpaired) electrons. The summed E-state index contributed by atoms with van der Waals surface area (Å²) >= 11 is 0. The second kappa shape index (κ2) is 26.2. The normalized spacial score (nSPS) is 13.8. The largest absolute Gasteiger partial charge is 0.461 e. The van der Waals surface area contributed by atoms with Crippen molar-refractivity contribution < 1.29 is 56.9 Å². The fourth-order valence-corrected chi connectivity index (χ4v) is 8.32. The highest BCUT2D eigenvalue weighted by Gasteiger charge is 2.42. The van der Waals surface area contributed by atoms with Gasteiger partial charge in [-0.15, -0.1) is 0 Å². The molecule has 19 heteroatoms. The van der Waals surface area contributed by atoms with Crippen LogP contribution < -0.4 is 27.8 Å². The molecule has 0 aliphatic heterocycles. The van der Waals surface area contributed by atoms with E-state index in [1.807, 2.05) is 30.3 Å². The molecule has 0 saturated heterocycles. The van der Waals surface area contributed by atoms with Crippen LogP contribution in [0.15, 0.2) is 121 Å². The summed E-state index contributed by atoms with van der Waals surface area (Å²) in [5.41, 5.74) is 19.2. The first-order valence-electron chi connectivity index (χ1n) is 23.6. The molecule has 0 saturated carbocycles. The Morgan fingerprint density at radius 3 is 1.88 bits per heavy atom. The Bertz CT molecular complexity index is 2700. The van der Waals surface area contributed by atoms with Gasteiger partial charge in [-0.2, -0.15) is 0 Å². The average molecular weight is 1010 g/mol. The van der Waals surface area contributed by atoms with Gasteiger partial charge in [0.05, 0.1) is 36.9 Å². The van der Waals surface area contributed by atoms with Crippen LogP contribution in [0.4, 0.5) is 8.78 Å². The van der Waals surface area contributed by atoms with E-state index in [0.717, 1.165) is 23.8 Å². The molecular weight excluding hydrogens is 945 g/mol. The lowest BCUT2D eigenvalue weighted by Gasteiger charge is -2.41. The van der Waals surface area contributed by atoms with Crippen molar-refractivity contribution in [2.75, 3.05) is 13.2 Å².